The highest BCUT2D eigenvalue weighted by Crippen LogP contribution is 2.16. The molecule has 1 aromatic rings. The number of nitrogens with zero attached hydrogens (tertiary/aromatic N) is 3. The van der Waals surface area contributed by atoms with Gasteiger partial charge in [-0.05, 0) is 26.4 Å². The molecule has 1 fully saturated rings. The quantitative estimate of drug-likeness (QED) is 0.601. The molecule has 1 amide bonds. The second-order valence-corrected chi connectivity index (χ2v) is 5.26. The van der Waals surface area contributed by atoms with Gasteiger partial charge in [-0.25, -0.2) is 0 Å². The number of pyridine rings is 1. The molecule has 0 spiro atoms. The van der Waals surface area contributed by atoms with Crippen LogP contribution in [-0.2, 0) is 0 Å². The zero-order valence-electron chi connectivity index (χ0n) is 11.6. The summed E-state index contributed by atoms with van der Waals surface area (Å²) in [5.74, 6) is -0.0282. The summed E-state index contributed by atoms with van der Waals surface area (Å²) in [6, 6.07) is 3.57. The summed E-state index contributed by atoms with van der Waals surface area (Å²) in [6.45, 7) is 1.84. The van der Waals surface area contributed by atoms with Crippen LogP contribution in [0.3, 0.4) is 0 Å². The summed E-state index contributed by atoms with van der Waals surface area (Å²) in [5.41, 5.74) is 0.563. The Labute approximate surface area is 114 Å². The van der Waals surface area contributed by atoms with Crippen molar-refractivity contribution >= 4 is 5.91 Å². The average molecular weight is 263 g/mol. The van der Waals surface area contributed by atoms with Gasteiger partial charge >= 0.3 is 0 Å². The number of aromatic nitrogens is 1. The summed E-state index contributed by atoms with van der Waals surface area (Å²) in [4.78, 5) is 16.3. The molecule has 2 rings (SSSR count). The molecule has 2 heterocycles. The SMILES string of the molecule is CN(CC1CCCCN1C)C(=O)c1cc[n+]([O-])cc1. The first-order valence-corrected chi connectivity index (χ1v) is 6.72. The summed E-state index contributed by atoms with van der Waals surface area (Å²) in [6.07, 6.45) is 6.33. The third-order valence-electron chi connectivity index (χ3n) is 3.80. The van der Waals surface area contributed by atoms with Crippen molar-refractivity contribution in [1.82, 2.24) is 9.80 Å². The largest absolute Gasteiger partial charge is 0.619 e. The monoisotopic (exact) mass is 263 g/mol. The lowest BCUT2D eigenvalue weighted by molar-refractivity contribution is -0.605. The van der Waals surface area contributed by atoms with E-state index in [0.29, 0.717) is 16.3 Å². The lowest BCUT2D eigenvalue weighted by Gasteiger charge is -2.35. The number of carbonyl (C=O) groups excluding carboxylic acids is 1. The van der Waals surface area contributed by atoms with Gasteiger partial charge in [0.1, 0.15) is 0 Å². The zero-order valence-corrected chi connectivity index (χ0v) is 11.6. The molecule has 1 unspecified atom stereocenters. The van der Waals surface area contributed by atoms with E-state index in [0.717, 1.165) is 19.5 Å². The van der Waals surface area contributed by atoms with Crippen molar-refractivity contribution < 1.29 is 9.52 Å². The van der Waals surface area contributed by atoms with E-state index in [2.05, 4.69) is 11.9 Å². The van der Waals surface area contributed by atoms with E-state index >= 15 is 0 Å². The number of hydrogen-bond acceptors (Lipinski definition) is 3. The number of carbonyl (C=O) groups is 1. The first kappa shape index (κ1) is 13.8. The molecule has 0 aromatic carbocycles. The van der Waals surface area contributed by atoms with Crippen molar-refractivity contribution in [1.29, 1.82) is 0 Å². The minimum Gasteiger partial charge on any atom is -0.619 e. The third kappa shape index (κ3) is 3.44. The van der Waals surface area contributed by atoms with E-state index in [-0.39, 0.29) is 5.91 Å². The van der Waals surface area contributed by atoms with Crippen molar-refractivity contribution in [3.05, 3.63) is 35.3 Å². The maximum absolute atomic E-state index is 12.2. The number of hydrogen-bond donors (Lipinski definition) is 0. The van der Waals surface area contributed by atoms with Crippen molar-refractivity contribution in [2.45, 2.75) is 25.3 Å². The fraction of sp³-hybridized carbons (Fsp3) is 0.571. The third-order valence-corrected chi connectivity index (χ3v) is 3.80. The molecule has 0 N–H and O–H groups in total. The Morgan fingerprint density at radius 2 is 2.16 bits per heavy atom. The highest BCUT2D eigenvalue weighted by molar-refractivity contribution is 5.93. The molecular formula is C14H21N3O2. The minimum atomic E-state index is -0.0282. The van der Waals surface area contributed by atoms with Gasteiger partial charge in [0.15, 0.2) is 12.4 Å². The Balaban J connectivity index is 1.97. The van der Waals surface area contributed by atoms with Crippen LogP contribution in [0.15, 0.2) is 24.5 Å². The predicted octanol–water partition coefficient (Wildman–Crippen LogP) is 0.876. The van der Waals surface area contributed by atoms with E-state index in [1.807, 2.05) is 7.05 Å². The summed E-state index contributed by atoms with van der Waals surface area (Å²) in [7, 11) is 3.94. The normalized spacial score (nSPS) is 20.2. The van der Waals surface area contributed by atoms with Crippen LogP contribution in [0.5, 0.6) is 0 Å². The average Bonchev–Trinajstić information content (AvgIpc) is 2.41. The summed E-state index contributed by atoms with van der Waals surface area (Å²) >= 11 is 0. The smallest absolute Gasteiger partial charge is 0.254 e. The molecule has 1 atom stereocenters. The van der Waals surface area contributed by atoms with Gasteiger partial charge in [-0.15, -0.1) is 0 Å². The molecule has 0 aliphatic carbocycles. The van der Waals surface area contributed by atoms with Crippen LogP contribution < -0.4 is 4.73 Å². The van der Waals surface area contributed by atoms with Crippen molar-refractivity contribution in [2.24, 2.45) is 0 Å². The Morgan fingerprint density at radius 1 is 1.47 bits per heavy atom. The molecule has 0 bridgehead atoms. The number of rotatable bonds is 3. The molecule has 1 saturated heterocycles. The van der Waals surface area contributed by atoms with Gasteiger partial charge in [0.25, 0.3) is 5.91 Å². The maximum Gasteiger partial charge on any atom is 0.254 e. The second-order valence-electron chi connectivity index (χ2n) is 5.26. The Bertz CT molecular complexity index is 433. The molecule has 1 aromatic heterocycles. The van der Waals surface area contributed by atoms with Crippen molar-refractivity contribution in [2.75, 3.05) is 27.2 Å². The fourth-order valence-electron chi connectivity index (χ4n) is 2.55. The number of likely N-dealkylation sites (tertiary alicyclic amines) is 1. The molecule has 1 aliphatic rings. The lowest BCUT2D eigenvalue weighted by Crippen LogP contribution is -2.45. The van der Waals surface area contributed by atoms with Gasteiger partial charge in [0, 0.05) is 31.8 Å². The molecule has 0 saturated carbocycles. The molecule has 19 heavy (non-hydrogen) atoms. The predicted molar refractivity (Wildman–Crippen MR) is 72.6 cm³/mol. The van der Waals surface area contributed by atoms with Gasteiger partial charge < -0.3 is 15.0 Å². The standard InChI is InChI=1S/C14H21N3O2/c1-15-8-4-3-5-13(15)11-16(2)14(18)12-6-9-17(19)10-7-12/h6-7,9-10,13H,3-5,8,11H2,1-2H3. The van der Waals surface area contributed by atoms with Crippen molar-refractivity contribution in [3.63, 3.8) is 0 Å². The molecular weight excluding hydrogens is 242 g/mol. The Kier molecular flexibility index (Phi) is 4.37. The Hall–Kier alpha value is -1.62. The van der Waals surface area contributed by atoms with Crippen LogP contribution in [-0.4, -0.2) is 48.9 Å². The summed E-state index contributed by atoms with van der Waals surface area (Å²) in [5, 5.41) is 11.0. The number of amides is 1. The van der Waals surface area contributed by atoms with Crippen LogP contribution in [0.4, 0.5) is 0 Å². The van der Waals surface area contributed by atoms with Crippen LogP contribution in [0.2, 0.25) is 0 Å². The van der Waals surface area contributed by atoms with Crippen LogP contribution in [0.25, 0.3) is 0 Å². The van der Waals surface area contributed by atoms with Gasteiger partial charge in [0.05, 0.1) is 5.56 Å². The van der Waals surface area contributed by atoms with Crippen molar-refractivity contribution in [3.8, 4) is 0 Å². The minimum absolute atomic E-state index is 0.0282. The van der Waals surface area contributed by atoms with E-state index in [1.165, 1.54) is 25.2 Å². The van der Waals surface area contributed by atoms with Gasteiger partial charge in [-0.3, -0.25) is 4.79 Å². The highest BCUT2D eigenvalue weighted by Gasteiger charge is 2.22. The first-order chi connectivity index (χ1) is 9.08. The van der Waals surface area contributed by atoms with Crippen LogP contribution in [0, 0.1) is 5.21 Å². The molecule has 5 heteroatoms. The van der Waals surface area contributed by atoms with E-state index in [4.69, 9.17) is 0 Å². The second kappa shape index (κ2) is 6.02. The van der Waals surface area contributed by atoms with Crippen LogP contribution >= 0.6 is 0 Å². The molecule has 5 nitrogen and oxygen atoms in total. The molecule has 1 aliphatic heterocycles. The first-order valence-electron chi connectivity index (χ1n) is 6.72. The van der Waals surface area contributed by atoms with E-state index < -0.39 is 0 Å². The van der Waals surface area contributed by atoms with Gasteiger partial charge in [0.2, 0.25) is 0 Å². The van der Waals surface area contributed by atoms with Gasteiger partial charge in [-0.2, -0.15) is 4.73 Å². The maximum atomic E-state index is 12.2. The van der Waals surface area contributed by atoms with Crippen LogP contribution in [0.1, 0.15) is 29.6 Å². The Morgan fingerprint density at radius 3 is 2.79 bits per heavy atom. The lowest BCUT2D eigenvalue weighted by atomic mass is 10.0. The molecule has 0 radical (unpaired) electrons. The summed E-state index contributed by atoms with van der Waals surface area (Å²) < 4.78 is 0.686. The van der Waals surface area contributed by atoms with E-state index in [1.54, 1.807) is 17.0 Å². The highest BCUT2D eigenvalue weighted by atomic mass is 16.5. The van der Waals surface area contributed by atoms with Gasteiger partial charge in [-0.1, -0.05) is 6.42 Å². The topological polar surface area (TPSA) is 50.5 Å². The fourth-order valence-corrected chi connectivity index (χ4v) is 2.55. The molecule has 104 valence electrons. The number of piperidine rings is 1. The number of likely N-dealkylation sites (N-methyl/N-ethyl adjacent to an activating group) is 2. The zero-order chi connectivity index (χ0) is 13.8. The van der Waals surface area contributed by atoms with E-state index in [9.17, 15) is 10.0 Å².